The van der Waals surface area contributed by atoms with E-state index in [-0.39, 0.29) is 24.8 Å². The van der Waals surface area contributed by atoms with Crippen molar-refractivity contribution in [1.29, 1.82) is 0 Å². The first-order valence-electron chi connectivity index (χ1n) is 6.48. The maximum Gasteiger partial charge on any atom is 0.234 e. The van der Waals surface area contributed by atoms with Crippen molar-refractivity contribution in [2.75, 3.05) is 33.9 Å². The Balaban J connectivity index is 2.45. The Labute approximate surface area is 118 Å². The van der Waals surface area contributed by atoms with Gasteiger partial charge in [-0.2, -0.15) is 0 Å². The number of carbonyl (C=O) groups excluding carboxylic acids is 1. The number of methoxy groups -OCH3 is 1. The van der Waals surface area contributed by atoms with E-state index in [1.165, 1.54) is 6.07 Å². The Hall–Kier alpha value is -1.50. The second-order valence-corrected chi connectivity index (χ2v) is 4.64. The quantitative estimate of drug-likeness (QED) is 0.681. The summed E-state index contributed by atoms with van der Waals surface area (Å²) in [6.07, 6.45) is 0. The number of hydrogen-bond donors (Lipinski definition) is 2. The van der Waals surface area contributed by atoms with Crippen LogP contribution in [0.5, 0.6) is 0 Å². The molecule has 5 nitrogen and oxygen atoms in total. The van der Waals surface area contributed by atoms with Crippen molar-refractivity contribution in [3.8, 4) is 0 Å². The number of nitrogens with two attached hydrogens (primary N) is 1. The summed E-state index contributed by atoms with van der Waals surface area (Å²) in [5.41, 5.74) is 6.89. The van der Waals surface area contributed by atoms with Crippen molar-refractivity contribution in [2.45, 2.75) is 13.1 Å². The highest BCUT2D eigenvalue weighted by molar-refractivity contribution is 5.77. The molecule has 0 saturated carbocycles. The fourth-order valence-corrected chi connectivity index (χ4v) is 1.84. The molecule has 0 atom stereocenters. The third kappa shape index (κ3) is 5.64. The van der Waals surface area contributed by atoms with Crippen molar-refractivity contribution in [2.24, 2.45) is 5.73 Å². The predicted octanol–water partition coefficient (Wildman–Crippen LogP) is 0.479. The first-order valence-corrected chi connectivity index (χ1v) is 6.48. The standard InChI is InChI=1S/C14H22FN3O2/c1-18(10-14(19)17-5-6-20-2)9-11-3-4-13(15)12(7-11)8-16/h3-4,7H,5-6,8-10,16H2,1-2H3,(H,17,19). The van der Waals surface area contributed by atoms with Crippen molar-refractivity contribution >= 4 is 5.91 Å². The molecular formula is C14H22FN3O2. The molecule has 0 bridgehead atoms. The van der Waals surface area contributed by atoms with Gasteiger partial charge in [-0.3, -0.25) is 9.69 Å². The largest absolute Gasteiger partial charge is 0.383 e. The van der Waals surface area contributed by atoms with E-state index in [9.17, 15) is 9.18 Å². The molecule has 112 valence electrons. The lowest BCUT2D eigenvalue weighted by molar-refractivity contribution is -0.122. The lowest BCUT2D eigenvalue weighted by Crippen LogP contribution is -2.36. The summed E-state index contributed by atoms with van der Waals surface area (Å²) in [7, 11) is 3.42. The average molecular weight is 283 g/mol. The molecule has 0 aromatic heterocycles. The minimum Gasteiger partial charge on any atom is -0.383 e. The van der Waals surface area contributed by atoms with Crippen molar-refractivity contribution in [1.82, 2.24) is 10.2 Å². The number of carbonyl (C=O) groups is 1. The molecule has 1 aromatic rings. The highest BCUT2D eigenvalue weighted by Crippen LogP contribution is 2.11. The van der Waals surface area contributed by atoms with E-state index in [0.717, 1.165) is 5.56 Å². The molecule has 0 spiro atoms. The third-order valence-electron chi connectivity index (χ3n) is 2.82. The summed E-state index contributed by atoms with van der Waals surface area (Å²) >= 11 is 0. The van der Waals surface area contributed by atoms with E-state index < -0.39 is 0 Å². The van der Waals surface area contributed by atoms with Gasteiger partial charge < -0.3 is 15.8 Å². The van der Waals surface area contributed by atoms with E-state index in [1.807, 2.05) is 11.9 Å². The van der Waals surface area contributed by atoms with Crippen LogP contribution in [0.4, 0.5) is 4.39 Å². The van der Waals surface area contributed by atoms with Gasteiger partial charge in [0.05, 0.1) is 13.2 Å². The van der Waals surface area contributed by atoms with Gasteiger partial charge in [0, 0.05) is 32.3 Å². The van der Waals surface area contributed by atoms with Crippen LogP contribution in [-0.4, -0.2) is 44.7 Å². The molecule has 0 saturated heterocycles. The first kappa shape index (κ1) is 16.6. The van der Waals surface area contributed by atoms with E-state index in [1.54, 1.807) is 19.2 Å². The summed E-state index contributed by atoms with van der Waals surface area (Å²) in [5.74, 6) is -0.359. The fraction of sp³-hybridized carbons (Fsp3) is 0.500. The van der Waals surface area contributed by atoms with Crippen LogP contribution in [0.1, 0.15) is 11.1 Å². The topological polar surface area (TPSA) is 67.6 Å². The average Bonchev–Trinajstić information content (AvgIpc) is 2.41. The normalized spacial score (nSPS) is 10.8. The number of ether oxygens (including phenoxy) is 1. The molecule has 20 heavy (non-hydrogen) atoms. The van der Waals surface area contributed by atoms with E-state index in [0.29, 0.717) is 25.3 Å². The molecule has 0 heterocycles. The number of nitrogens with zero attached hydrogens (tertiary/aromatic N) is 1. The van der Waals surface area contributed by atoms with Crippen molar-refractivity contribution < 1.29 is 13.9 Å². The summed E-state index contributed by atoms with van der Waals surface area (Å²) < 4.78 is 18.2. The van der Waals surface area contributed by atoms with Gasteiger partial charge in [-0.25, -0.2) is 4.39 Å². The molecule has 1 aromatic carbocycles. The first-order chi connectivity index (χ1) is 9.56. The second kappa shape index (κ2) is 8.63. The van der Waals surface area contributed by atoms with Gasteiger partial charge in [0.2, 0.25) is 5.91 Å². The van der Waals surface area contributed by atoms with Gasteiger partial charge in [0.1, 0.15) is 5.82 Å². The summed E-state index contributed by atoms with van der Waals surface area (Å²) in [5, 5.41) is 2.75. The zero-order chi connectivity index (χ0) is 15.0. The number of hydrogen-bond acceptors (Lipinski definition) is 4. The zero-order valence-corrected chi connectivity index (χ0v) is 12.0. The van der Waals surface area contributed by atoms with Crippen molar-refractivity contribution in [3.63, 3.8) is 0 Å². The van der Waals surface area contributed by atoms with Crippen LogP contribution in [0, 0.1) is 5.82 Å². The van der Waals surface area contributed by atoms with Crippen LogP contribution in [0.2, 0.25) is 0 Å². The van der Waals surface area contributed by atoms with Crippen LogP contribution in [-0.2, 0) is 22.6 Å². The SMILES string of the molecule is COCCNC(=O)CN(C)Cc1ccc(F)c(CN)c1. The number of halogens is 1. The van der Waals surface area contributed by atoms with Crippen LogP contribution in [0.15, 0.2) is 18.2 Å². The number of rotatable bonds is 8. The Morgan fingerprint density at radius 2 is 2.25 bits per heavy atom. The molecule has 0 fully saturated rings. The molecule has 6 heteroatoms. The predicted molar refractivity (Wildman–Crippen MR) is 75.5 cm³/mol. The molecule has 3 N–H and O–H groups in total. The smallest absolute Gasteiger partial charge is 0.234 e. The molecule has 0 aliphatic carbocycles. The Bertz CT molecular complexity index is 440. The van der Waals surface area contributed by atoms with Gasteiger partial charge in [0.25, 0.3) is 0 Å². The molecule has 0 radical (unpaired) electrons. The van der Waals surface area contributed by atoms with Crippen LogP contribution < -0.4 is 11.1 Å². The van der Waals surface area contributed by atoms with E-state index in [2.05, 4.69) is 5.32 Å². The minimum atomic E-state index is -0.295. The lowest BCUT2D eigenvalue weighted by Gasteiger charge is -2.17. The van der Waals surface area contributed by atoms with Crippen LogP contribution >= 0.6 is 0 Å². The summed E-state index contributed by atoms with van der Waals surface area (Å²) in [4.78, 5) is 13.5. The van der Waals surface area contributed by atoms with E-state index in [4.69, 9.17) is 10.5 Å². The number of benzene rings is 1. The number of likely N-dealkylation sites (N-methyl/N-ethyl adjacent to an activating group) is 1. The van der Waals surface area contributed by atoms with Gasteiger partial charge in [-0.15, -0.1) is 0 Å². The Morgan fingerprint density at radius 1 is 1.50 bits per heavy atom. The molecule has 1 rings (SSSR count). The monoisotopic (exact) mass is 283 g/mol. The second-order valence-electron chi connectivity index (χ2n) is 4.64. The van der Waals surface area contributed by atoms with Crippen LogP contribution in [0.25, 0.3) is 0 Å². The Morgan fingerprint density at radius 3 is 2.90 bits per heavy atom. The summed E-state index contributed by atoms with van der Waals surface area (Å²) in [6, 6.07) is 4.84. The fourth-order valence-electron chi connectivity index (χ4n) is 1.84. The minimum absolute atomic E-state index is 0.0642. The molecule has 0 unspecified atom stereocenters. The van der Waals surface area contributed by atoms with Gasteiger partial charge in [-0.05, 0) is 18.7 Å². The maximum absolute atomic E-state index is 13.3. The van der Waals surface area contributed by atoms with E-state index >= 15 is 0 Å². The van der Waals surface area contributed by atoms with Crippen LogP contribution in [0.3, 0.4) is 0 Å². The number of nitrogens with one attached hydrogen (secondary N) is 1. The van der Waals surface area contributed by atoms with Gasteiger partial charge >= 0.3 is 0 Å². The summed E-state index contributed by atoms with van der Waals surface area (Å²) in [6.45, 7) is 2.00. The molecule has 0 aliphatic rings. The number of amides is 1. The third-order valence-corrected chi connectivity index (χ3v) is 2.82. The highest BCUT2D eigenvalue weighted by atomic mass is 19.1. The highest BCUT2D eigenvalue weighted by Gasteiger charge is 2.08. The van der Waals surface area contributed by atoms with Crippen molar-refractivity contribution in [3.05, 3.63) is 35.1 Å². The molecule has 1 amide bonds. The lowest BCUT2D eigenvalue weighted by atomic mass is 10.1. The van der Waals surface area contributed by atoms with Gasteiger partial charge in [-0.1, -0.05) is 12.1 Å². The molecular weight excluding hydrogens is 261 g/mol. The van der Waals surface area contributed by atoms with Gasteiger partial charge in [0.15, 0.2) is 0 Å². The molecule has 0 aliphatic heterocycles. The Kier molecular flexibility index (Phi) is 7.14. The maximum atomic E-state index is 13.3. The zero-order valence-electron chi connectivity index (χ0n) is 12.0.